The van der Waals surface area contributed by atoms with E-state index in [1.807, 2.05) is 49.7 Å². The van der Waals surface area contributed by atoms with Crippen molar-refractivity contribution < 1.29 is 9.53 Å². The van der Waals surface area contributed by atoms with Crippen molar-refractivity contribution in [2.75, 3.05) is 7.11 Å². The van der Waals surface area contributed by atoms with Gasteiger partial charge in [0.1, 0.15) is 11.4 Å². The quantitative estimate of drug-likeness (QED) is 0.903. The number of para-hydroxylation sites is 1. The first-order valence-electron chi connectivity index (χ1n) is 5.98. The normalized spacial score (nSPS) is 10.9. The molecule has 1 N–H and O–H groups in total. The Balaban J connectivity index is 2.54. The standard InChI is InChI=1S/C14H18N2O2/c1-9(2)15-14(17)11-8-10-6-5-7-12(18-4)13(10)16(11)3/h5-9H,1-4H3,(H,15,17). The molecule has 0 saturated heterocycles. The van der Waals surface area contributed by atoms with Gasteiger partial charge in [-0.2, -0.15) is 0 Å². The lowest BCUT2D eigenvalue weighted by Crippen LogP contribution is -2.31. The number of aryl methyl sites for hydroxylation is 1. The van der Waals surface area contributed by atoms with Crippen molar-refractivity contribution in [3.63, 3.8) is 0 Å². The summed E-state index contributed by atoms with van der Waals surface area (Å²) >= 11 is 0. The van der Waals surface area contributed by atoms with Crippen molar-refractivity contribution in [1.29, 1.82) is 0 Å². The summed E-state index contributed by atoms with van der Waals surface area (Å²) in [6, 6.07) is 7.80. The summed E-state index contributed by atoms with van der Waals surface area (Å²) < 4.78 is 7.20. The summed E-state index contributed by atoms with van der Waals surface area (Å²) in [7, 11) is 3.51. The monoisotopic (exact) mass is 246 g/mol. The van der Waals surface area contributed by atoms with Gasteiger partial charge < -0.3 is 14.6 Å². The molecule has 18 heavy (non-hydrogen) atoms. The molecule has 0 spiro atoms. The molecule has 0 aliphatic rings. The van der Waals surface area contributed by atoms with Crippen LogP contribution >= 0.6 is 0 Å². The lowest BCUT2D eigenvalue weighted by molar-refractivity contribution is 0.0935. The maximum atomic E-state index is 12.1. The Morgan fingerprint density at radius 1 is 1.39 bits per heavy atom. The Kier molecular flexibility index (Phi) is 3.28. The van der Waals surface area contributed by atoms with E-state index in [1.54, 1.807) is 7.11 Å². The number of carbonyl (C=O) groups is 1. The number of hydrogen-bond donors (Lipinski definition) is 1. The molecule has 4 nitrogen and oxygen atoms in total. The van der Waals surface area contributed by atoms with Crippen LogP contribution in [0.2, 0.25) is 0 Å². The maximum absolute atomic E-state index is 12.1. The van der Waals surface area contributed by atoms with Gasteiger partial charge in [0.05, 0.1) is 12.6 Å². The molecule has 0 saturated carbocycles. The van der Waals surface area contributed by atoms with E-state index in [0.717, 1.165) is 16.7 Å². The Bertz CT molecular complexity index is 585. The highest BCUT2D eigenvalue weighted by molar-refractivity contribution is 6.00. The molecule has 1 aromatic heterocycles. The largest absolute Gasteiger partial charge is 0.495 e. The van der Waals surface area contributed by atoms with Crippen LogP contribution in [0, 0.1) is 0 Å². The third-order valence-corrected chi connectivity index (χ3v) is 2.89. The summed E-state index contributed by atoms with van der Waals surface area (Å²) in [5.41, 5.74) is 1.58. The van der Waals surface area contributed by atoms with Crippen LogP contribution in [0.1, 0.15) is 24.3 Å². The molecule has 2 aromatic rings. The fraction of sp³-hybridized carbons (Fsp3) is 0.357. The van der Waals surface area contributed by atoms with Gasteiger partial charge in [0.15, 0.2) is 0 Å². The zero-order valence-electron chi connectivity index (χ0n) is 11.2. The van der Waals surface area contributed by atoms with Gasteiger partial charge in [-0.15, -0.1) is 0 Å². The van der Waals surface area contributed by atoms with E-state index in [-0.39, 0.29) is 11.9 Å². The van der Waals surface area contributed by atoms with Crippen molar-refractivity contribution in [3.05, 3.63) is 30.0 Å². The highest BCUT2D eigenvalue weighted by Crippen LogP contribution is 2.27. The molecule has 4 heteroatoms. The lowest BCUT2D eigenvalue weighted by Gasteiger charge is -2.10. The Morgan fingerprint density at radius 2 is 2.11 bits per heavy atom. The summed E-state index contributed by atoms with van der Waals surface area (Å²) in [4.78, 5) is 12.1. The summed E-state index contributed by atoms with van der Waals surface area (Å²) in [5, 5.41) is 3.90. The molecule has 0 fully saturated rings. The summed E-state index contributed by atoms with van der Waals surface area (Å²) in [6.07, 6.45) is 0. The number of aromatic nitrogens is 1. The molecular weight excluding hydrogens is 228 g/mol. The molecule has 0 aliphatic carbocycles. The highest BCUT2D eigenvalue weighted by Gasteiger charge is 2.16. The van der Waals surface area contributed by atoms with Gasteiger partial charge in [0, 0.05) is 18.5 Å². The average molecular weight is 246 g/mol. The van der Waals surface area contributed by atoms with Crippen LogP contribution < -0.4 is 10.1 Å². The van der Waals surface area contributed by atoms with Crippen LogP contribution in [-0.2, 0) is 7.05 Å². The van der Waals surface area contributed by atoms with Crippen LogP contribution in [0.5, 0.6) is 5.75 Å². The number of rotatable bonds is 3. The molecule has 0 unspecified atom stereocenters. The smallest absolute Gasteiger partial charge is 0.268 e. The molecule has 1 amide bonds. The number of nitrogens with one attached hydrogen (secondary N) is 1. The van der Waals surface area contributed by atoms with Crippen molar-refractivity contribution in [2.45, 2.75) is 19.9 Å². The van der Waals surface area contributed by atoms with E-state index in [4.69, 9.17) is 4.74 Å². The number of fused-ring (bicyclic) bond motifs is 1. The Hall–Kier alpha value is -1.97. The van der Waals surface area contributed by atoms with E-state index in [9.17, 15) is 4.79 Å². The second-order valence-corrected chi connectivity index (χ2v) is 4.61. The minimum Gasteiger partial charge on any atom is -0.495 e. The Morgan fingerprint density at radius 3 is 2.72 bits per heavy atom. The Labute approximate surface area is 107 Å². The zero-order valence-corrected chi connectivity index (χ0v) is 11.2. The topological polar surface area (TPSA) is 43.3 Å². The van der Waals surface area contributed by atoms with Gasteiger partial charge in [-0.25, -0.2) is 0 Å². The number of ether oxygens (including phenoxy) is 1. The van der Waals surface area contributed by atoms with Gasteiger partial charge in [-0.1, -0.05) is 12.1 Å². The van der Waals surface area contributed by atoms with E-state index in [0.29, 0.717) is 5.69 Å². The average Bonchev–Trinajstić information content (AvgIpc) is 2.66. The second kappa shape index (κ2) is 4.72. The second-order valence-electron chi connectivity index (χ2n) is 4.61. The van der Waals surface area contributed by atoms with Crippen LogP contribution in [0.25, 0.3) is 10.9 Å². The predicted molar refractivity (Wildman–Crippen MR) is 72.1 cm³/mol. The van der Waals surface area contributed by atoms with Crippen LogP contribution in [-0.4, -0.2) is 23.6 Å². The van der Waals surface area contributed by atoms with Crippen LogP contribution in [0.3, 0.4) is 0 Å². The summed E-state index contributed by atoms with van der Waals surface area (Å²) in [5.74, 6) is 0.712. The molecule has 96 valence electrons. The first-order chi connectivity index (χ1) is 8.54. The minimum absolute atomic E-state index is 0.0641. The molecule has 0 bridgehead atoms. The third-order valence-electron chi connectivity index (χ3n) is 2.89. The number of carbonyl (C=O) groups excluding carboxylic acids is 1. The van der Waals surface area contributed by atoms with Gasteiger partial charge in [0.2, 0.25) is 0 Å². The third kappa shape index (κ3) is 2.06. The summed E-state index contributed by atoms with van der Waals surface area (Å²) in [6.45, 7) is 3.89. The van der Waals surface area contributed by atoms with Crippen LogP contribution in [0.15, 0.2) is 24.3 Å². The SMILES string of the molecule is COc1cccc2cc(C(=O)NC(C)C)n(C)c12. The van der Waals surface area contributed by atoms with E-state index in [1.165, 1.54) is 0 Å². The zero-order chi connectivity index (χ0) is 13.3. The molecule has 2 rings (SSSR count). The first kappa shape index (κ1) is 12.5. The van der Waals surface area contributed by atoms with Crippen molar-refractivity contribution in [2.24, 2.45) is 7.05 Å². The number of hydrogen-bond acceptors (Lipinski definition) is 2. The van der Waals surface area contributed by atoms with Crippen molar-refractivity contribution >= 4 is 16.8 Å². The molecular formula is C14H18N2O2. The van der Waals surface area contributed by atoms with Crippen molar-refractivity contribution in [1.82, 2.24) is 9.88 Å². The minimum atomic E-state index is -0.0641. The fourth-order valence-electron chi connectivity index (χ4n) is 2.10. The number of amides is 1. The van der Waals surface area contributed by atoms with Gasteiger partial charge in [0.25, 0.3) is 5.91 Å². The maximum Gasteiger partial charge on any atom is 0.268 e. The number of benzene rings is 1. The molecule has 0 radical (unpaired) electrons. The highest BCUT2D eigenvalue weighted by atomic mass is 16.5. The van der Waals surface area contributed by atoms with Crippen molar-refractivity contribution in [3.8, 4) is 5.75 Å². The van der Waals surface area contributed by atoms with E-state index >= 15 is 0 Å². The van der Waals surface area contributed by atoms with E-state index in [2.05, 4.69) is 5.32 Å². The fourth-order valence-corrected chi connectivity index (χ4v) is 2.10. The first-order valence-corrected chi connectivity index (χ1v) is 5.98. The number of nitrogens with zero attached hydrogens (tertiary/aromatic N) is 1. The molecule has 0 atom stereocenters. The molecule has 1 heterocycles. The lowest BCUT2D eigenvalue weighted by atomic mass is 10.2. The predicted octanol–water partition coefficient (Wildman–Crippen LogP) is 2.33. The van der Waals surface area contributed by atoms with Gasteiger partial charge in [-0.3, -0.25) is 4.79 Å². The number of methoxy groups -OCH3 is 1. The molecule has 1 aromatic carbocycles. The molecule has 0 aliphatic heterocycles. The van der Waals surface area contributed by atoms with Crippen LogP contribution in [0.4, 0.5) is 0 Å². The van der Waals surface area contributed by atoms with Gasteiger partial charge >= 0.3 is 0 Å². The van der Waals surface area contributed by atoms with Gasteiger partial charge in [-0.05, 0) is 26.0 Å². The van der Waals surface area contributed by atoms with E-state index < -0.39 is 0 Å².